The van der Waals surface area contributed by atoms with E-state index < -0.39 is 0 Å². The Bertz CT molecular complexity index is 1800. The first-order chi connectivity index (χ1) is 18.0. The lowest BCUT2D eigenvalue weighted by Gasteiger charge is -2.22. The van der Waals surface area contributed by atoms with Crippen molar-refractivity contribution < 1.29 is 0 Å². The van der Waals surface area contributed by atoms with Gasteiger partial charge in [-0.15, -0.1) is 0 Å². The van der Waals surface area contributed by atoms with Gasteiger partial charge in [-0.05, 0) is 57.6 Å². The minimum Gasteiger partial charge on any atom is -0.277 e. The molecule has 0 unspecified atom stereocenters. The molecule has 4 heteroatoms. The second-order valence-corrected chi connectivity index (χ2v) is 10.5. The predicted octanol–water partition coefficient (Wildman–Crippen LogP) is 8.71. The first kappa shape index (κ1) is 22.0. The van der Waals surface area contributed by atoms with Crippen LogP contribution in [0.1, 0.15) is 25.0 Å². The Morgan fingerprint density at radius 1 is 0.676 bits per heavy atom. The summed E-state index contributed by atoms with van der Waals surface area (Å²) in [6.45, 7) is 4.63. The van der Waals surface area contributed by atoms with Crippen molar-refractivity contribution in [2.24, 2.45) is 0 Å². The van der Waals surface area contributed by atoms with Gasteiger partial charge in [-0.25, -0.2) is 9.97 Å². The number of nitrogens with zero attached hydrogens (tertiary/aromatic N) is 3. The van der Waals surface area contributed by atoms with Gasteiger partial charge in [0.05, 0.1) is 5.02 Å². The molecule has 0 saturated heterocycles. The minimum absolute atomic E-state index is 0.0192. The van der Waals surface area contributed by atoms with Gasteiger partial charge in [-0.2, -0.15) is 0 Å². The molecule has 2 aromatic heterocycles. The van der Waals surface area contributed by atoms with Crippen molar-refractivity contribution in [3.05, 3.63) is 125 Å². The predicted molar refractivity (Wildman–Crippen MR) is 152 cm³/mol. The van der Waals surface area contributed by atoms with Gasteiger partial charge in [0.25, 0.3) is 0 Å². The van der Waals surface area contributed by atoms with Gasteiger partial charge >= 0.3 is 0 Å². The van der Waals surface area contributed by atoms with Crippen molar-refractivity contribution in [2.45, 2.75) is 19.3 Å². The summed E-state index contributed by atoms with van der Waals surface area (Å²) in [5.41, 5.74) is 11.3. The van der Waals surface area contributed by atoms with E-state index in [1.165, 1.54) is 33.4 Å². The number of aromatic nitrogens is 3. The molecule has 0 N–H and O–H groups in total. The van der Waals surface area contributed by atoms with E-state index in [2.05, 4.69) is 102 Å². The quantitative estimate of drug-likeness (QED) is 0.245. The number of para-hydroxylation sites is 1. The van der Waals surface area contributed by atoms with Crippen LogP contribution in [0.25, 0.3) is 50.5 Å². The number of pyridine rings is 1. The van der Waals surface area contributed by atoms with Crippen molar-refractivity contribution in [2.75, 3.05) is 0 Å². The molecule has 1 aliphatic carbocycles. The van der Waals surface area contributed by atoms with E-state index in [9.17, 15) is 0 Å². The third-order valence-corrected chi connectivity index (χ3v) is 7.88. The van der Waals surface area contributed by atoms with E-state index in [0.717, 1.165) is 22.7 Å². The first-order valence-corrected chi connectivity index (χ1v) is 12.8. The number of hydrogen-bond donors (Lipinski definition) is 0. The lowest BCUT2D eigenvalue weighted by molar-refractivity contribution is 0.660. The summed E-state index contributed by atoms with van der Waals surface area (Å²) < 4.78 is 2.07. The topological polar surface area (TPSA) is 30.7 Å². The molecule has 0 atom stereocenters. The molecule has 3 nitrogen and oxygen atoms in total. The second kappa shape index (κ2) is 8.16. The second-order valence-electron chi connectivity index (χ2n) is 10.1. The van der Waals surface area contributed by atoms with Crippen LogP contribution in [0.15, 0.2) is 109 Å². The number of fused-ring (bicyclic) bond motifs is 4. The van der Waals surface area contributed by atoms with Crippen LogP contribution in [-0.4, -0.2) is 14.5 Å². The molecule has 0 spiro atoms. The van der Waals surface area contributed by atoms with Crippen molar-refractivity contribution in [3.63, 3.8) is 0 Å². The normalized spacial score (nSPS) is 13.5. The summed E-state index contributed by atoms with van der Waals surface area (Å²) in [7, 11) is 0. The van der Waals surface area contributed by atoms with Gasteiger partial charge in [0, 0.05) is 22.9 Å². The zero-order chi connectivity index (χ0) is 25.1. The number of halogens is 1. The molecule has 4 aromatic carbocycles. The van der Waals surface area contributed by atoms with Crippen LogP contribution < -0.4 is 0 Å². The largest absolute Gasteiger partial charge is 0.277 e. The highest BCUT2D eigenvalue weighted by Gasteiger charge is 2.35. The molecular weight excluding hydrogens is 474 g/mol. The maximum absolute atomic E-state index is 6.51. The van der Waals surface area contributed by atoms with E-state index in [0.29, 0.717) is 10.5 Å². The SMILES string of the molecule is CC1(C)c2ccccc2-c2ccc(-c3ccc(-c4nc5c(Cl)ccnc5n4-c4ccccc4)cc3)cc21. The first-order valence-electron chi connectivity index (χ1n) is 12.5. The van der Waals surface area contributed by atoms with E-state index in [1.807, 2.05) is 18.2 Å². The maximum atomic E-state index is 6.51. The Labute approximate surface area is 221 Å². The van der Waals surface area contributed by atoms with E-state index in [-0.39, 0.29) is 5.41 Å². The number of hydrogen-bond acceptors (Lipinski definition) is 2. The van der Waals surface area contributed by atoms with Crippen LogP contribution in [-0.2, 0) is 5.41 Å². The van der Waals surface area contributed by atoms with Gasteiger partial charge in [0.1, 0.15) is 11.3 Å². The third kappa shape index (κ3) is 3.35. The van der Waals surface area contributed by atoms with Crippen LogP contribution in [0.2, 0.25) is 5.02 Å². The fraction of sp³-hybridized carbons (Fsp3) is 0.0909. The third-order valence-electron chi connectivity index (χ3n) is 7.57. The zero-order valence-corrected chi connectivity index (χ0v) is 21.4. The molecule has 0 bridgehead atoms. The molecule has 178 valence electrons. The van der Waals surface area contributed by atoms with Crippen LogP contribution >= 0.6 is 11.6 Å². The standard InChI is InChI=1S/C33H24ClN3/c1-33(2)27-11-7-6-10-25(27)26-17-16-23(20-28(26)33)21-12-14-22(15-13-21)31-36-30-29(34)18-19-35-32(30)37(31)24-8-4-3-5-9-24/h3-20H,1-2H3. The average molecular weight is 498 g/mol. The molecule has 0 radical (unpaired) electrons. The van der Waals surface area contributed by atoms with Crippen molar-refractivity contribution in [3.8, 4) is 39.3 Å². The Morgan fingerprint density at radius 2 is 1.35 bits per heavy atom. The molecule has 0 aliphatic heterocycles. The molecular formula is C33H24ClN3. The smallest absolute Gasteiger partial charge is 0.166 e. The van der Waals surface area contributed by atoms with Gasteiger partial charge in [0.2, 0.25) is 0 Å². The number of benzene rings is 4. The molecule has 37 heavy (non-hydrogen) atoms. The zero-order valence-electron chi connectivity index (χ0n) is 20.6. The van der Waals surface area contributed by atoms with Crippen LogP contribution in [0, 0.1) is 0 Å². The highest BCUT2D eigenvalue weighted by molar-refractivity contribution is 6.34. The lowest BCUT2D eigenvalue weighted by Crippen LogP contribution is -2.14. The molecule has 1 aliphatic rings. The van der Waals surface area contributed by atoms with Gasteiger partial charge in [-0.1, -0.05) is 104 Å². The van der Waals surface area contributed by atoms with Gasteiger partial charge < -0.3 is 0 Å². The lowest BCUT2D eigenvalue weighted by atomic mass is 9.81. The summed E-state index contributed by atoms with van der Waals surface area (Å²) in [5.74, 6) is 0.818. The molecule has 0 saturated carbocycles. The number of rotatable bonds is 3. The van der Waals surface area contributed by atoms with E-state index in [1.54, 1.807) is 12.3 Å². The Kier molecular flexibility index (Phi) is 4.85. The average Bonchev–Trinajstić information content (AvgIpc) is 3.44. The minimum atomic E-state index is -0.0192. The fourth-order valence-electron chi connectivity index (χ4n) is 5.65. The summed E-state index contributed by atoms with van der Waals surface area (Å²) in [4.78, 5) is 9.53. The van der Waals surface area contributed by atoms with E-state index in [4.69, 9.17) is 16.6 Å². The molecule has 7 rings (SSSR count). The highest BCUT2D eigenvalue weighted by atomic mass is 35.5. The van der Waals surface area contributed by atoms with Crippen LogP contribution in [0.4, 0.5) is 0 Å². The van der Waals surface area contributed by atoms with E-state index >= 15 is 0 Å². The fourth-order valence-corrected chi connectivity index (χ4v) is 5.84. The molecule has 2 heterocycles. The van der Waals surface area contributed by atoms with Crippen LogP contribution in [0.5, 0.6) is 0 Å². The summed E-state index contributed by atoms with van der Waals surface area (Å²) in [5, 5.41) is 0.597. The van der Waals surface area contributed by atoms with Crippen molar-refractivity contribution in [1.29, 1.82) is 0 Å². The monoisotopic (exact) mass is 497 g/mol. The Hall–Kier alpha value is -4.21. The van der Waals surface area contributed by atoms with Crippen molar-refractivity contribution in [1.82, 2.24) is 14.5 Å². The van der Waals surface area contributed by atoms with Gasteiger partial charge in [0.15, 0.2) is 5.65 Å². The summed E-state index contributed by atoms with van der Waals surface area (Å²) >= 11 is 6.51. The number of imidazole rings is 1. The Morgan fingerprint density at radius 3 is 2.16 bits per heavy atom. The molecule has 0 amide bonds. The summed E-state index contributed by atoms with van der Waals surface area (Å²) in [6.07, 6.45) is 1.73. The van der Waals surface area contributed by atoms with Gasteiger partial charge in [-0.3, -0.25) is 4.57 Å². The maximum Gasteiger partial charge on any atom is 0.166 e. The highest BCUT2D eigenvalue weighted by Crippen LogP contribution is 2.49. The Balaban J connectivity index is 1.32. The molecule has 6 aromatic rings. The van der Waals surface area contributed by atoms with Crippen molar-refractivity contribution >= 4 is 22.8 Å². The van der Waals surface area contributed by atoms with Crippen LogP contribution in [0.3, 0.4) is 0 Å². The molecule has 0 fully saturated rings. The summed E-state index contributed by atoms with van der Waals surface area (Å²) in [6, 6.07) is 36.2.